The van der Waals surface area contributed by atoms with Crippen molar-refractivity contribution in [2.75, 3.05) is 0 Å². The molecule has 4 nitrogen and oxygen atoms in total. The number of aromatic nitrogens is 2. The van der Waals surface area contributed by atoms with Crippen molar-refractivity contribution >= 4 is 19.7 Å². The van der Waals surface area contributed by atoms with Crippen LogP contribution in [0.15, 0.2) is 29.4 Å². The van der Waals surface area contributed by atoms with E-state index in [2.05, 4.69) is 4.98 Å². The molecule has 0 aliphatic rings. The minimum Gasteiger partial charge on any atom is -0.329 e. The molecule has 0 unspecified atom stereocenters. The summed E-state index contributed by atoms with van der Waals surface area (Å²) in [7, 11) is 1.44. The standard InChI is InChI=1S/C13H14ClFN2O2S/c1-3-12-16-13(20(14,18)19)8-17(12)7-10-6-11(15)5-4-9(10)2/h4-6,8H,3,7H2,1-2H3. The van der Waals surface area contributed by atoms with E-state index in [0.717, 1.165) is 11.1 Å². The summed E-state index contributed by atoms with van der Waals surface area (Å²) in [6, 6.07) is 4.51. The Morgan fingerprint density at radius 3 is 2.70 bits per heavy atom. The van der Waals surface area contributed by atoms with E-state index in [9.17, 15) is 12.8 Å². The van der Waals surface area contributed by atoms with Crippen LogP contribution in [0, 0.1) is 12.7 Å². The molecule has 7 heteroatoms. The molecule has 0 N–H and O–H groups in total. The molecule has 0 spiro atoms. The molecule has 0 atom stereocenters. The third-order valence-electron chi connectivity index (χ3n) is 3.05. The maximum atomic E-state index is 13.3. The number of rotatable bonds is 4. The Labute approximate surface area is 121 Å². The van der Waals surface area contributed by atoms with Gasteiger partial charge in [0.2, 0.25) is 0 Å². The highest BCUT2D eigenvalue weighted by Crippen LogP contribution is 2.18. The second-order valence-electron chi connectivity index (χ2n) is 4.49. The van der Waals surface area contributed by atoms with E-state index in [1.54, 1.807) is 10.6 Å². The molecule has 0 aliphatic carbocycles. The molecule has 108 valence electrons. The maximum Gasteiger partial charge on any atom is 0.280 e. The van der Waals surface area contributed by atoms with Crippen LogP contribution in [-0.4, -0.2) is 18.0 Å². The number of hydrogen-bond donors (Lipinski definition) is 0. The molecule has 0 aliphatic heterocycles. The largest absolute Gasteiger partial charge is 0.329 e. The zero-order valence-electron chi connectivity index (χ0n) is 11.1. The number of aryl methyl sites for hydroxylation is 2. The van der Waals surface area contributed by atoms with Crippen molar-refractivity contribution in [1.82, 2.24) is 9.55 Å². The summed E-state index contributed by atoms with van der Waals surface area (Å²) in [6.07, 6.45) is 1.94. The van der Waals surface area contributed by atoms with Gasteiger partial charge in [-0.3, -0.25) is 0 Å². The van der Waals surface area contributed by atoms with Crippen LogP contribution in [0.2, 0.25) is 0 Å². The highest BCUT2D eigenvalue weighted by atomic mass is 35.7. The minimum absolute atomic E-state index is 0.176. The van der Waals surface area contributed by atoms with Gasteiger partial charge in [-0.2, -0.15) is 0 Å². The summed E-state index contributed by atoms with van der Waals surface area (Å²) in [5.74, 6) is 0.266. The van der Waals surface area contributed by atoms with E-state index in [-0.39, 0.29) is 10.8 Å². The van der Waals surface area contributed by atoms with Crippen molar-refractivity contribution in [3.8, 4) is 0 Å². The Kier molecular flexibility index (Phi) is 4.15. The van der Waals surface area contributed by atoms with Gasteiger partial charge >= 0.3 is 0 Å². The fourth-order valence-corrected chi connectivity index (χ4v) is 2.65. The summed E-state index contributed by atoms with van der Waals surface area (Å²) in [6.45, 7) is 4.09. The van der Waals surface area contributed by atoms with Gasteiger partial charge < -0.3 is 4.57 Å². The normalized spacial score (nSPS) is 11.8. The van der Waals surface area contributed by atoms with Gasteiger partial charge in [-0.15, -0.1) is 0 Å². The van der Waals surface area contributed by atoms with E-state index in [1.807, 2.05) is 13.8 Å². The van der Waals surface area contributed by atoms with Gasteiger partial charge in [0, 0.05) is 29.8 Å². The predicted octanol–water partition coefficient (Wildman–Crippen LogP) is 2.87. The minimum atomic E-state index is -3.86. The highest BCUT2D eigenvalue weighted by molar-refractivity contribution is 8.13. The Morgan fingerprint density at radius 2 is 2.10 bits per heavy atom. The van der Waals surface area contributed by atoms with Crippen molar-refractivity contribution in [3.05, 3.63) is 47.2 Å². The third kappa shape index (κ3) is 3.19. The quantitative estimate of drug-likeness (QED) is 0.815. The van der Waals surface area contributed by atoms with Gasteiger partial charge in [0.15, 0.2) is 5.03 Å². The second kappa shape index (κ2) is 5.54. The summed E-state index contributed by atoms with van der Waals surface area (Å²) < 4.78 is 37.6. The van der Waals surface area contributed by atoms with E-state index < -0.39 is 9.05 Å². The molecule has 0 saturated heterocycles. The number of benzene rings is 1. The molecule has 0 amide bonds. The van der Waals surface area contributed by atoms with Crippen molar-refractivity contribution < 1.29 is 12.8 Å². The van der Waals surface area contributed by atoms with Gasteiger partial charge in [-0.25, -0.2) is 17.8 Å². The van der Waals surface area contributed by atoms with E-state index in [0.29, 0.717) is 18.8 Å². The summed E-state index contributed by atoms with van der Waals surface area (Å²) in [5.41, 5.74) is 1.70. The third-order valence-corrected chi connectivity index (χ3v) is 4.23. The molecule has 1 aromatic carbocycles. The molecule has 2 aromatic rings. The highest BCUT2D eigenvalue weighted by Gasteiger charge is 2.17. The number of hydrogen-bond acceptors (Lipinski definition) is 3. The summed E-state index contributed by atoms with van der Waals surface area (Å²) >= 11 is 0. The Morgan fingerprint density at radius 1 is 1.40 bits per heavy atom. The predicted molar refractivity (Wildman–Crippen MR) is 74.9 cm³/mol. The van der Waals surface area contributed by atoms with Crippen LogP contribution in [0.3, 0.4) is 0 Å². The van der Waals surface area contributed by atoms with Crippen LogP contribution in [0.5, 0.6) is 0 Å². The molecule has 0 radical (unpaired) electrons. The Balaban J connectivity index is 2.43. The van der Waals surface area contributed by atoms with Crippen molar-refractivity contribution in [2.24, 2.45) is 0 Å². The first-order chi connectivity index (χ1) is 9.31. The first-order valence-electron chi connectivity index (χ1n) is 6.07. The lowest BCUT2D eigenvalue weighted by atomic mass is 10.1. The molecule has 2 rings (SSSR count). The smallest absolute Gasteiger partial charge is 0.280 e. The van der Waals surface area contributed by atoms with Gasteiger partial charge in [0.1, 0.15) is 11.6 Å². The molecule has 0 fully saturated rings. The fourth-order valence-electron chi connectivity index (χ4n) is 1.96. The van der Waals surface area contributed by atoms with Gasteiger partial charge in [0.25, 0.3) is 9.05 Å². The monoisotopic (exact) mass is 316 g/mol. The SMILES string of the molecule is CCc1nc(S(=O)(=O)Cl)cn1Cc1cc(F)ccc1C. The lowest BCUT2D eigenvalue weighted by molar-refractivity contribution is 0.606. The van der Waals surface area contributed by atoms with Crippen LogP contribution in [0.4, 0.5) is 4.39 Å². The molecular formula is C13H14ClFN2O2S. The zero-order chi connectivity index (χ0) is 14.9. The second-order valence-corrected chi connectivity index (χ2v) is 7.00. The first kappa shape index (κ1) is 15.0. The lowest BCUT2D eigenvalue weighted by Crippen LogP contribution is -2.05. The molecule has 0 bridgehead atoms. The molecule has 20 heavy (non-hydrogen) atoms. The Bertz CT molecular complexity index is 741. The summed E-state index contributed by atoms with van der Waals surface area (Å²) in [4.78, 5) is 4.00. The average Bonchev–Trinajstić information content (AvgIpc) is 2.77. The molecule has 0 saturated carbocycles. The first-order valence-corrected chi connectivity index (χ1v) is 8.38. The van der Waals surface area contributed by atoms with Crippen LogP contribution in [0.25, 0.3) is 0 Å². The van der Waals surface area contributed by atoms with Gasteiger partial charge in [-0.1, -0.05) is 13.0 Å². The lowest BCUT2D eigenvalue weighted by Gasteiger charge is -2.09. The topological polar surface area (TPSA) is 52.0 Å². The number of halogens is 2. The van der Waals surface area contributed by atoms with Gasteiger partial charge in [-0.05, 0) is 30.2 Å². The molecular weight excluding hydrogens is 303 g/mol. The van der Waals surface area contributed by atoms with Crippen molar-refractivity contribution in [1.29, 1.82) is 0 Å². The average molecular weight is 317 g/mol. The number of nitrogens with zero attached hydrogens (tertiary/aromatic N) is 2. The van der Waals surface area contributed by atoms with Crippen LogP contribution < -0.4 is 0 Å². The van der Waals surface area contributed by atoms with Crippen LogP contribution >= 0.6 is 10.7 Å². The van der Waals surface area contributed by atoms with Crippen LogP contribution in [0.1, 0.15) is 23.9 Å². The molecule has 1 aromatic heterocycles. The van der Waals surface area contributed by atoms with E-state index in [1.165, 1.54) is 18.3 Å². The number of imidazole rings is 1. The fraction of sp³-hybridized carbons (Fsp3) is 0.308. The maximum absolute atomic E-state index is 13.3. The zero-order valence-corrected chi connectivity index (χ0v) is 12.7. The Hall–Kier alpha value is -1.40. The van der Waals surface area contributed by atoms with Crippen molar-refractivity contribution in [3.63, 3.8) is 0 Å². The van der Waals surface area contributed by atoms with Gasteiger partial charge in [0.05, 0.1) is 0 Å². The summed E-state index contributed by atoms with van der Waals surface area (Å²) in [5, 5.41) is -0.176. The van der Waals surface area contributed by atoms with Crippen LogP contribution in [-0.2, 0) is 22.0 Å². The molecule has 1 heterocycles. The van der Waals surface area contributed by atoms with E-state index in [4.69, 9.17) is 10.7 Å². The van der Waals surface area contributed by atoms with E-state index >= 15 is 0 Å². The van der Waals surface area contributed by atoms with Crippen molar-refractivity contribution in [2.45, 2.75) is 31.8 Å².